The molecule has 1 heterocycles. The maximum Gasteiger partial charge on any atom is 0.155 e. The van der Waals surface area contributed by atoms with Crippen LogP contribution in [-0.2, 0) is 0 Å². The van der Waals surface area contributed by atoms with Crippen molar-refractivity contribution in [2.75, 3.05) is 0 Å². The molecule has 0 N–H and O–H groups in total. The van der Waals surface area contributed by atoms with Crippen molar-refractivity contribution in [2.45, 2.75) is 9.24 Å². The van der Waals surface area contributed by atoms with Gasteiger partial charge in [-0.25, -0.2) is 4.98 Å². The van der Waals surface area contributed by atoms with Gasteiger partial charge in [0.1, 0.15) is 0 Å². The lowest BCUT2D eigenvalue weighted by atomic mass is 10.2. The summed E-state index contributed by atoms with van der Waals surface area (Å²) in [6.07, 6.45) is 0.821. The van der Waals surface area contributed by atoms with Crippen LogP contribution in [0.3, 0.4) is 0 Å². The molecule has 0 saturated heterocycles. The van der Waals surface area contributed by atoms with E-state index in [9.17, 15) is 4.79 Å². The first kappa shape index (κ1) is 12.7. The van der Waals surface area contributed by atoms with E-state index in [1.165, 1.54) is 11.8 Å². The minimum Gasteiger partial charge on any atom is -0.298 e. The lowest BCUT2D eigenvalue weighted by molar-refractivity contribution is 0.112. The Morgan fingerprint density at radius 3 is 2.84 bits per heavy atom. The van der Waals surface area contributed by atoms with Crippen molar-refractivity contribution in [2.24, 2.45) is 0 Å². The van der Waals surface area contributed by atoms with Gasteiger partial charge >= 0.3 is 0 Å². The van der Waals surface area contributed by atoms with Crippen LogP contribution in [0.25, 0.3) is 10.2 Å². The van der Waals surface area contributed by atoms with E-state index < -0.39 is 0 Å². The number of carbonyl (C=O) groups is 1. The van der Waals surface area contributed by atoms with Crippen molar-refractivity contribution >= 4 is 51.2 Å². The molecule has 3 aromatic rings. The Bertz CT molecular complexity index is 721. The molecule has 1 aromatic heterocycles. The molecule has 0 aliphatic heterocycles. The number of thiazole rings is 1. The van der Waals surface area contributed by atoms with Crippen LogP contribution in [0.4, 0.5) is 0 Å². The minimum atomic E-state index is 0.566. The molecular weight excluding hydrogens is 298 g/mol. The van der Waals surface area contributed by atoms with E-state index in [-0.39, 0.29) is 0 Å². The van der Waals surface area contributed by atoms with Gasteiger partial charge in [-0.15, -0.1) is 11.3 Å². The van der Waals surface area contributed by atoms with Gasteiger partial charge < -0.3 is 0 Å². The normalized spacial score (nSPS) is 10.8. The first-order valence-corrected chi connectivity index (χ1v) is 7.55. The average Bonchev–Trinajstić information content (AvgIpc) is 2.83. The smallest absolute Gasteiger partial charge is 0.155 e. The van der Waals surface area contributed by atoms with E-state index in [1.54, 1.807) is 23.5 Å². The van der Waals surface area contributed by atoms with Gasteiger partial charge in [-0.05, 0) is 30.3 Å². The molecule has 0 radical (unpaired) electrons. The van der Waals surface area contributed by atoms with Crippen LogP contribution >= 0.6 is 34.7 Å². The van der Waals surface area contributed by atoms with Gasteiger partial charge in [0.15, 0.2) is 10.6 Å². The number of carbonyl (C=O) groups excluding carboxylic acids is 1. The molecule has 0 atom stereocenters. The molecular formula is C14H8ClNOS2. The number of aromatic nitrogens is 1. The summed E-state index contributed by atoms with van der Waals surface area (Å²) in [5.41, 5.74) is 1.58. The number of nitrogens with zero attached hydrogens (tertiary/aromatic N) is 1. The van der Waals surface area contributed by atoms with Crippen LogP contribution in [-0.4, -0.2) is 11.3 Å². The number of halogens is 1. The van der Waals surface area contributed by atoms with Crippen molar-refractivity contribution in [1.82, 2.24) is 4.98 Å². The number of hydrogen-bond acceptors (Lipinski definition) is 4. The maximum atomic E-state index is 11.1. The quantitative estimate of drug-likeness (QED) is 0.644. The zero-order chi connectivity index (χ0) is 13.2. The Morgan fingerprint density at radius 1 is 1.21 bits per heavy atom. The van der Waals surface area contributed by atoms with E-state index in [0.717, 1.165) is 25.7 Å². The molecule has 2 aromatic carbocycles. The van der Waals surface area contributed by atoms with Crippen molar-refractivity contribution in [3.8, 4) is 0 Å². The molecule has 0 saturated carbocycles. The average molecular weight is 306 g/mol. The van der Waals surface area contributed by atoms with Crippen molar-refractivity contribution in [3.63, 3.8) is 0 Å². The highest BCUT2D eigenvalue weighted by molar-refractivity contribution is 8.01. The number of benzene rings is 2. The van der Waals surface area contributed by atoms with Crippen LogP contribution in [0, 0.1) is 0 Å². The highest BCUT2D eigenvalue weighted by atomic mass is 35.5. The highest BCUT2D eigenvalue weighted by Crippen LogP contribution is 2.36. The van der Waals surface area contributed by atoms with Crippen molar-refractivity contribution in [1.29, 1.82) is 0 Å². The van der Waals surface area contributed by atoms with Gasteiger partial charge in [0, 0.05) is 15.5 Å². The second-order valence-corrected chi connectivity index (χ2v) is 6.61. The van der Waals surface area contributed by atoms with Crippen LogP contribution in [0.2, 0.25) is 5.02 Å². The molecule has 0 amide bonds. The van der Waals surface area contributed by atoms with E-state index in [2.05, 4.69) is 4.98 Å². The SMILES string of the molecule is O=Cc1cc(Cl)ccc1Sc1nc2ccccc2s1. The number of para-hydroxylation sites is 1. The van der Waals surface area contributed by atoms with Crippen molar-refractivity contribution < 1.29 is 4.79 Å². The zero-order valence-electron chi connectivity index (χ0n) is 9.67. The Balaban J connectivity index is 1.98. The standard InChI is InChI=1S/C14H8ClNOS2/c15-10-5-6-12(9(7-10)8-17)18-14-16-11-3-1-2-4-13(11)19-14/h1-8H. The summed E-state index contributed by atoms with van der Waals surface area (Å²) in [6, 6.07) is 13.3. The van der Waals surface area contributed by atoms with Gasteiger partial charge in [-0.1, -0.05) is 35.5 Å². The Kier molecular flexibility index (Phi) is 3.55. The molecule has 2 nitrogen and oxygen atoms in total. The lowest BCUT2D eigenvalue weighted by Crippen LogP contribution is -1.84. The Hall–Kier alpha value is -1.36. The van der Waals surface area contributed by atoms with Gasteiger partial charge in [-0.3, -0.25) is 4.79 Å². The molecule has 0 spiro atoms. The summed E-state index contributed by atoms with van der Waals surface area (Å²) in [6.45, 7) is 0. The third-order valence-corrected chi connectivity index (χ3v) is 4.99. The summed E-state index contributed by atoms with van der Waals surface area (Å²) in [5.74, 6) is 0. The minimum absolute atomic E-state index is 0.566. The molecule has 5 heteroatoms. The molecule has 0 fully saturated rings. The summed E-state index contributed by atoms with van der Waals surface area (Å²) in [7, 11) is 0. The van der Waals surface area contributed by atoms with Gasteiger partial charge in [-0.2, -0.15) is 0 Å². The third-order valence-electron chi connectivity index (χ3n) is 2.57. The first-order valence-electron chi connectivity index (χ1n) is 5.54. The van der Waals surface area contributed by atoms with E-state index in [1.807, 2.05) is 30.3 Å². The second-order valence-electron chi connectivity index (χ2n) is 3.85. The molecule has 3 rings (SSSR count). The monoisotopic (exact) mass is 305 g/mol. The Morgan fingerprint density at radius 2 is 2.05 bits per heavy atom. The van der Waals surface area contributed by atoms with Crippen LogP contribution in [0.15, 0.2) is 51.7 Å². The Labute approximate surface area is 123 Å². The van der Waals surface area contributed by atoms with Crippen LogP contribution in [0.1, 0.15) is 10.4 Å². The number of fused-ring (bicyclic) bond motifs is 1. The predicted octanol–water partition coefficient (Wildman–Crippen LogP) is 4.91. The zero-order valence-corrected chi connectivity index (χ0v) is 12.1. The second kappa shape index (κ2) is 5.33. The van der Waals surface area contributed by atoms with E-state index in [4.69, 9.17) is 11.6 Å². The fraction of sp³-hybridized carbons (Fsp3) is 0. The maximum absolute atomic E-state index is 11.1. The van der Waals surface area contributed by atoms with E-state index >= 15 is 0 Å². The van der Waals surface area contributed by atoms with Gasteiger partial charge in [0.2, 0.25) is 0 Å². The van der Waals surface area contributed by atoms with Crippen LogP contribution < -0.4 is 0 Å². The van der Waals surface area contributed by atoms with E-state index in [0.29, 0.717) is 10.6 Å². The predicted molar refractivity (Wildman–Crippen MR) is 80.6 cm³/mol. The lowest BCUT2D eigenvalue weighted by Gasteiger charge is -2.01. The number of rotatable bonds is 3. The third kappa shape index (κ3) is 2.66. The fourth-order valence-electron chi connectivity index (χ4n) is 1.69. The first-order chi connectivity index (χ1) is 9.26. The molecule has 0 aliphatic carbocycles. The topological polar surface area (TPSA) is 30.0 Å². The molecule has 94 valence electrons. The van der Waals surface area contributed by atoms with Gasteiger partial charge in [0.05, 0.1) is 10.2 Å². The molecule has 0 bridgehead atoms. The number of aldehydes is 1. The van der Waals surface area contributed by atoms with Gasteiger partial charge in [0.25, 0.3) is 0 Å². The molecule has 0 unspecified atom stereocenters. The summed E-state index contributed by atoms with van der Waals surface area (Å²) >= 11 is 8.99. The number of hydrogen-bond donors (Lipinski definition) is 0. The fourth-order valence-corrected chi connectivity index (χ4v) is 3.97. The summed E-state index contributed by atoms with van der Waals surface area (Å²) < 4.78 is 2.07. The largest absolute Gasteiger partial charge is 0.298 e. The summed E-state index contributed by atoms with van der Waals surface area (Å²) in [4.78, 5) is 16.5. The highest BCUT2D eigenvalue weighted by Gasteiger charge is 2.09. The summed E-state index contributed by atoms with van der Waals surface area (Å²) in [5, 5.41) is 0.566. The van der Waals surface area contributed by atoms with Crippen molar-refractivity contribution in [3.05, 3.63) is 53.1 Å². The molecule has 19 heavy (non-hydrogen) atoms. The molecule has 0 aliphatic rings. The van der Waals surface area contributed by atoms with Crippen LogP contribution in [0.5, 0.6) is 0 Å².